The molecule has 1 amide bonds. The van der Waals surface area contributed by atoms with Crippen LogP contribution in [0.5, 0.6) is 5.75 Å². The largest absolute Gasteiger partial charge is 0.491 e. The average Bonchev–Trinajstić information content (AvgIpc) is 2.77. The lowest BCUT2D eigenvalue weighted by Crippen LogP contribution is -2.38. The molecule has 0 aliphatic heterocycles. The van der Waals surface area contributed by atoms with Crippen molar-refractivity contribution in [2.75, 3.05) is 27.4 Å². The Morgan fingerprint density at radius 2 is 1.86 bits per heavy atom. The van der Waals surface area contributed by atoms with Gasteiger partial charge in [0.2, 0.25) is 0 Å². The maximum Gasteiger partial charge on any atom is 0.275 e. The molecule has 0 saturated heterocycles. The number of hydrogen-bond donors (Lipinski definition) is 2. The van der Waals surface area contributed by atoms with E-state index in [2.05, 4.69) is 0 Å². The Hall–Kier alpha value is -2.45. The molecule has 158 valence electrons. The lowest BCUT2D eigenvalue weighted by atomic mass is 10.1. The fourth-order valence-corrected chi connectivity index (χ4v) is 2.82. The highest BCUT2D eigenvalue weighted by Crippen LogP contribution is 2.19. The van der Waals surface area contributed by atoms with E-state index in [0.29, 0.717) is 24.3 Å². The lowest BCUT2D eigenvalue weighted by Gasteiger charge is -2.21. The number of likely N-dealkylation sites (N-methyl/N-ethyl adjacent to an activating group) is 1. The first-order chi connectivity index (χ1) is 14.0. The molecule has 0 fully saturated rings. The van der Waals surface area contributed by atoms with Gasteiger partial charge >= 0.3 is 0 Å². The van der Waals surface area contributed by atoms with Gasteiger partial charge in [0.25, 0.3) is 5.91 Å². The highest BCUT2D eigenvalue weighted by molar-refractivity contribution is 5.80. The van der Waals surface area contributed by atoms with Gasteiger partial charge in [-0.2, -0.15) is 0 Å². The Morgan fingerprint density at radius 3 is 2.48 bits per heavy atom. The van der Waals surface area contributed by atoms with Gasteiger partial charge in [0.15, 0.2) is 0 Å². The summed E-state index contributed by atoms with van der Waals surface area (Å²) in [5.41, 5.74) is 2.35. The molecule has 2 aromatic carbocycles. The number of aliphatic hydroxyl groups is 2. The molecule has 0 spiro atoms. The number of hydrogen-bond acceptors (Lipinski definition) is 6. The summed E-state index contributed by atoms with van der Waals surface area (Å²) in [7, 11) is 2.98. The van der Waals surface area contributed by atoms with Crippen molar-refractivity contribution in [3.8, 4) is 5.75 Å². The van der Waals surface area contributed by atoms with Gasteiger partial charge in [-0.05, 0) is 35.7 Å². The van der Waals surface area contributed by atoms with Crippen LogP contribution in [0.4, 0.5) is 0 Å². The van der Waals surface area contributed by atoms with Gasteiger partial charge < -0.3 is 19.7 Å². The summed E-state index contributed by atoms with van der Waals surface area (Å²) in [6.45, 7) is 2.28. The van der Waals surface area contributed by atoms with Crippen molar-refractivity contribution in [1.29, 1.82) is 0 Å². The second-order valence-electron chi connectivity index (χ2n) is 6.54. The number of nitrogens with zero attached hydrogens (tertiary/aromatic N) is 1. The predicted molar refractivity (Wildman–Crippen MR) is 108 cm³/mol. The van der Waals surface area contributed by atoms with Gasteiger partial charge in [-0.25, -0.2) is 5.06 Å². The minimum absolute atomic E-state index is 0.0751. The molecule has 0 bridgehead atoms. The van der Waals surface area contributed by atoms with Gasteiger partial charge in [0, 0.05) is 20.1 Å². The summed E-state index contributed by atoms with van der Waals surface area (Å²) in [5.74, 6) is 0.363. The van der Waals surface area contributed by atoms with E-state index < -0.39 is 12.2 Å². The van der Waals surface area contributed by atoms with E-state index >= 15 is 0 Å². The fraction of sp³-hybridized carbons (Fsp3) is 0.409. The van der Waals surface area contributed by atoms with Crippen LogP contribution in [0.15, 0.2) is 48.5 Å². The van der Waals surface area contributed by atoms with Gasteiger partial charge in [-0.3, -0.25) is 9.63 Å². The molecule has 29 heavy (non-hydrogen) atoms. The summed E-state index contributed by atoms with van der Waals surface area (Å²) < 4.78 is 11.2. The number of hydroxylamine groups is 2. The fourth-order valence-electron chi connectivity index (χ4n) is 2.82. The molecule has 7 nitrogen and oxygen atoms in total. The van der Waals surface area contributed by atoms with Crippen LogP contribution in [-0.4, -0.2) is 54.7 Å². The average molecular weight is 403 g/mol. The molecule has 0 heterocycles. The molecule has 0 radical (unpaired) electrons. The third-order valence-electron chi connectivity index (χ3n) is 4.50. The number of ether oxygens (including phenoxy) is 2. The monoisotopic (exact) mass is 403 g/mol. The zero-order valence-corrected chi connectivity index (χ0v) is 17.1. The normalized spacial score (nSPS) is 13.0. The minimum atomic E-state index is -0.800. The standard InChI is InChI=1S/C22H29NO6/c1-4-28-21(22(26)23(2)27-3)13-16-8-10-19(11-9-16)29-15-20(25)18-7-5-6-17(12-18)14-24/h5-12,20-21,24-25H,4,13-15H2,1-3H3/t20-,21-/m0/s1. The number of carbonyl (C=O) groups excluding carboxylic acids is 1. The van der Waals surface area contributed by atoms with Gasteiger partial charge in [0.1, 0.15) is 24.6 Å². The van der Waals surface area contributed by atoms with Crippen LogP contribution in [0.2, 0.25) is 0 Å². The van der Waals surface area contributed by atoms with Crippen LogP contribution in [0.25, 0.3) is 0 Å². The van der Waals surface area contributed by atoms with E-state index in [-0.39, 0.29) is 19.1 Å². The Morgan fingerprint density at radius 1 is 1.14 bits per heavy atom. The molecule has 2 aromatic rings. The number of aliphatic hydroxyl groups excluding tert-OH is 2. The van der Waals surface area contributed by atoms with E-state index in [1.54, 1.807) is 43.4 Å². The number of carbonyl (C=O) groups is 1. The molecule has 2 N–H and O–H groups in total. The summed E-state index contributed by atoms with van der Waals surface area (Å²) in [6, 6.07) is 14.4. The van der Waals surface area contributed by atoms with Crippen LogP contribution in [0.3, 0.4) is 0 Å². The number of amides is 1. The zero-order chi connectivity index (χ0) is 21.2. The minimum Gasteiger partial charge on any atom is -0.491 e. The Labute approximate surface area is 171 Å². The quantitative estimate of drug-likeness (QED) is 0.560. The maximum atomic E-state index is 12.3. The van der Waals surface area contributed by atoms with Crippen molar-refractivity contribution in [3.63, 3.8) is 0 Å². The Bertz CT molecular complexity index is 764. The molecule has 0 aromatic heterocycles. The van der Waals surface area contributed by atoms with Gasteiger partial charge in [-0.15, -0.1) is 0 Å². The number of benzene rings is 2. The molecular weight excluding hydrogens is 374 g/mol. The van der Waals surface area contributed by atoms with Gasteiger partial charge in [0.05, 0.1) is 13.7 Å². The second kappa shape index (κ2) is 11.5. The van der Waals surface area contributed by atoms with Crippen molar-refractivity contribution >= 4 is 5.91 Å². The van der Waals surface area contributed by atoms with Crippen LogP contribution >= 0.6 is 0 Å². The van der Waals surface area contributed by atoms with Crippen LogP contribution in [0.1, 0.15) is 29.7 Å². The van der Waals surface area contributed by atoms with Crippen LogP contribution < -0.4 is 4.74 Å². The predicted octanol–water partition coefficient (Wildman–Crippen LogP) is 2.26. The Balaban J connectivity index is 1.94. The maximum absolute atomic E-state index is 12.3. The highest BCUT2D eigenvalue weighted by Gasteiger charge is 2.23. The van der Waals surface area contributed by atoms with E-state index in [4.69, 9.17) is 14.3 Å². The number of rotatable bonds is 11. The lowest BCUT2D eigenvalue weighted by molar-refractivity contribution is -0.180. The molecule has 0 aliphatic carbocycles. The zero-order valence-electron chi connectivity index (χ0n) is 17.1. The van der Waals surface area contributed by atoms with Crippen LogP contribution in [0, 0.1) is 0 Å². The topological polar surface area (TPSA) is 88.5 Å². The summed E-state index contributed by atoms with van der Waals surface area (Å²) in [5, 5.41) is 20.7. The van der Waals surface area contributed by atoms with Crippen molar-refractivity contribution in [1.82, 2.24) is 5.06 Å². The summed E-state index contributed by atoms with van der Waals surface area (Å²) >= 11 is 0. The molecule has 0 unspecified atom stereocenters. The smallest absolute Gasteiger partial charge is 0.275 e. The Kier molecular flexibility index (Phi) is 9.08. The van der Waals surface area contributed by atoms with Crippen molar-refractivity contribution in [3.05, 3.63) is 65.2 Å². The molecular formula is C22H29NO6. The molecule has 2 rings (SSSR count). The van der Waals surface area contributed by atoms with Crippen molar-refractivity contribution in [2.24, 2.45) is 0 Å². The van der Waals surface area contributed by atoms with E-state index in [9.17, 15) is 15.0 Å². The first-order valence-electron chi connectivity index (χ1n) is 9.51. The third kappa shape index (κ3) is 6.83. The molecule has 7 heteroatoms. The molecule has 0 saturated carbocycles. The van der Waals surface area contributed by atoms with Gasteiger partial charge in [-0.1, -0.05) is 36.4 Å². The van der Waals surface area contributed by atoms with E-state index in [1.807, 2.05) is 19.1 Å². The van der Waals surface area contributed by atoms with Crippen LogP contribution in [-0.2, 0) is 27.4 Å². The van der Waals surface area contributed by atoms with Crippen molar-refractivity contribution < 1.29 is 29.3 Å². The third-order valence-corrected chi connectivity index (χ3v) is 4.50. The summed E-state index contributed by atoms with van der Waals surface area (Å²) in [4.78, 5) is 17.2. The summed E-state index contributed by atoms with van der Waals surface area (Å²) in [6.07, 6.45) is -1.01. The first-order valence-corrected chi connectivity index (χ1v) is 9.51. The second-order valence-corrected chi connectivity index (χ2v) is 6.54. The van der Waals surface area contributed by atoms with E-state index in [0.717, 1.165) is 16.2 Å². The molecule has 2 atom stereocenters. The molecule has 0 aliphatic rings. The highest BCUT2D eigenvalue weighted by atomic mass is 16.7. The van der Waals surface area contributed by atoms with Crippen molar-refractivity contribution in [2.45, 2.75) is 32.2 Å². The first kappa shape index (κ1) is 22.8. The van der Waals surface area contributed by atoms with E-state index in [1.165, 1.54) is 7.11 Å². The SMILES string of the molecule is CCO[C@@H](Cc1ccc(OC[C@H](O)c2cccc(CO)c2)cc1)C(=O)N(C)OC.